The minimum absolute atomic E-state index is 0.178. The highest BCUT2D eigenvalue weighted by atomic mass is 35.5. The van der Waals surface area contributed by atoms with Crippen molar-refractivity contribution in [3.63, 3.8) is 0 Å². The second kappa shape index (κ2) is 5.46. The van der Waals surface area contributed by atoms with Gasteiger partial charge in [-0.15, -0.1) is 0 Å². The third kappa shape index (κ3) is 2.86. The number of carbonyl (C=O) groups excluding carboxylic acids is 1. The predicted molar refractivity (Wildman–Crippen MR) is 69.3 cm³/mol. The zero-order valence-corrected chi connectivity index (χ0v) is 11.1. The summed E-state index contributed by atoms with van der Waals surface area (Å²) in [6.07, 6.45) is 0.493. The van der Waals surface area contributed by atoms with Gasteiger partial charge in [-0.05, 0) is 29.8 Å². The van der Waals surface area contributed by atoms with E-state index in [4.69, 9.17) is 27.6 Å². The summed E-state index contributed by atoms with van der Waals surface area (Å²) in [7, 11) is 1.31. The molecule has 0 unspecified atom stereocenters. The Hall–Kier alpha value is -1.45. The van der Waals surface area contributed by atoms with Gasteiger partial charge in [-0.3, -0.25) is 0 Å². The molecule has 0 saturated carbocycles. The molecule has 0 aliphatic carbocycles. The maximum absolute atomic E-state index is 11.2. The number of rotatable bonds is 3. The molecule has 0 bridgehead atoms. The lowest BCUT2D eigenvalue weighted by Crippen LogP contribution is -1.98. The van der Waals surface area contributed by atoms with E-state index in [2.05, 4.69) is 4.74 Å². The van der Waals surface area contributed by atoms with Crippen molar-refractivity contribution in [2.75, 3.05) is 7.11 Å². The Kier molecular flexibility index (Phi) is 3.94. The van der Waals surface area contributed by atoms with E-state index < -0.39 is 5.97 Å². The van der Waals surface area contributed by atoms with Crippen LogP contribution in [0.3, 0.4) is 0 Å². The lowest BCUT2D eigenvalue weighted by Gasteiger charge is -2.02. The summed E-state index contributed by atoms with van der Waals surface area (Å²) in [5.41, 5.74) is 0.881. The molecule has 18 heavy (non-hydrogen) atoms. The summed E-state index contributed by atoms with van der Waals surface area (Å²) < 4.78 is 9.92. The van der Waals surface area contributed by atoms with Crippen molar-refractivity contribution in [1.29, 1.82) is 0 Å². The van der Waals surface area contributed by atoms with Crippen LogP contribution in [0.15, 0.2) is 34.7 Å². The van der Waals surface area contributed by atoms with Gasteiger partial charge in [-0.1, -0.05) is 29.3 Å². The molecule has 94 valence electrons. The van der Waals surface area contributed by atoms with Crippen LogP contribution < -0.4 is 0 Å². The number of furan rings is 1. The van der Waals surface area contributed by atoms with Crippen molar-refractivity contribution in [2.45, 2.75) is 6.42 Å². The van der Waals surface area contributed by atoms with E-state index in [1.807, 2.05) is 6.07 Å². The molecule has 1 aromatic carbocycles. The van der Waals surface area contributed by atoms with Crippen LogP contribution in [-0.4, -0.2) is 13.1 Å². The van der Waals surface area contributed by atoms with Gasteiger partial charge in [-0.2, -0.15) is 0 Å². The first-order valence-corrected chi connectivity index (χ1v) is 5.96. The van der Waals surface area contributed by atoms with E-state index >= 15 is 0 Å². The lowest BCUT2D eigenvalue weighted by atomic mass is 10.1. The fraction of sp³-hybridized carbons (Fsp3) is 0.154. The number of carbonyl (C=O) groups is 1. The molecule has 3 nitrogen and oxygen atoms in total. The van der Waals surface area contributed by atoms with Crippen LogP contribution >= 0.6 is 23.2 Å². The van der Waals surface area contributed by atoms with Gasteiger partial charge >= 0.3 is 5.97 Å². The molecule has 0 aliphatic heterocycles. The molecule has 0 fully saturated rings. The van der Waals surface area contributed by atoms with Crippen molar-refractivity contribution >= 4 is 29.2 Å². The second-order valence-electron chi connectivity index (χ2n) is 3.67. The SMILES string of the molecule is COC(=O)c1ccc(Cc2ccc(Cl)cc2Cl)o1. The smallest absolute Gasteiger partial charge is 0.373 e. The van der Waals surface area contributed by atoms with E-state index in [0.717, 1.165) is 5.56 Å². The molecule has 0 aliphatic rings. The van der Waals surface area contributed by atoms with Crippen molar-refractivity contribution in [3.05, 3.63) is 57.5 Å². The van der Waals surface area contributed by atoms with Crippen LogP contribution in [0.4, 0.5) is 0 Å². The number of methoxy groups -OCH3 is 1. The first-order valence-electron chi connectivity index (χ1n) is 5.21. The van der Waals surface area contributed by atoms with Crippen LogP contribution in [0.1, 0.15) is 21.9 Å². The molecule has 0 atom stereocenters. The van der Waals surface area contributed by atoms with E-state index in [1.54, 1.807) is 24.3 Å². The number of esters is 1. The number of hydrogen-bond acceptors (Lipinski definition) is 3. The summed E-state index contributed by atoms with van der Waals surface area (Å²) in [6.45, 7) is 0. The van der Waals surface area contributed by atoms with E-state index in [-0.39, 0.29) is 5.76 Å². The molecular formula is C13H10Cl2O3. The second-order valence-corrected chi connectivity index (χ2v) is 4.51. The average Bonchev–Trinajstić information content (AvgIpc) is 2.80. The Balaban J connectivity index is 2.18. The third-order valence-electron chi connectivity index (χ3n) is 2.43. The minimum Gasteiger partial charge on any atom is -0.463 e. The normalized spacial score (nSPS) is 10.4. The molecule has 1 heterocycles. The lowest BCUT2D eigenvalue weighted by molar-refractivity contribution is 0.0563. The standard InChI is InChI=1S/C13H10Cl2O3/c1-17-13(16)12-5-4-10(18-12)6-8-2-3-9(14)7-11(8)15/h2-5,7H,6H2,1H3. The first kappa shape index (κ1) is 13.0. The van der Waals surface area contributed by atoms with Crippen LogP contribution in [0.2, 0.25) is 10.0 Å². The van der Waals surface area contributed by atoms with Crippen molar-refractivity contribution in [1.82, 2.24) is 0 Å². The van der Waals surface area contributed by atoms with Crippen molar-refractivity contribution in [3.8, 4) is 0 Å². The predicted octanol–water partition coefficient (Wildman–Crippen LogP) is 3.96. The summed E-state index contributed by atoms with van der Waals surface area (Å²) in [4.78, 5) is 11.2. The van der Waals surface area contributed by atoms with Crippen LogP contribution in [-0.2, 0) is 11.2 Å². The summed E-state index contributed by atoms with van der Waals surface area (Å²) in [5.74, 6) is 0.320. The monoisotopic (exact) mass is 284 g/mol. The van der Waals surface area contributed by atoms with Crippen molar-refractivity contribution in [2.24, 2.45) is 0 Å². The highest BCUT2D eigenvalue weighted by Gasteiger charge is 2.12. The maximum Gasteiger partial charge on any atom is 0.373 e. The van der Waals surface area contributed by atoms with Crippen molar-refractivity contribution < 1.29 is 13.9 Å². The topological polar surface area (TPSA) is 39.4 Å². The number of halogens is 2. The van der Waals surface area contributed by atoms with Crippen LogP contribution in [0, 0.1) is 0 Å². The quantitative estimate of drug-likeness (QED) is 0.801. The van der Waals surface area contributed by atoms with Gasteiger partial charge in [0.05, 0.1) is 7.11 Å². The highest BCUT2D eigenvalue weighted by molar-refractivity contribution is 6.35. The van der Waals surface area contributed by atoms with E-state index in [1.165, 1.54) is 7.11 Å². The van der Waals surface area contributed by atoms with E-state index in [0.29, 0.717) is 22.2 Å². The molecule has 0 saturated heterocycles. The Bertz CT molecular complexity index is 575. The summed E-state index contributed by atoms with van der Waals surface area (Å²) >= 11 is 11.9. The molecule has 2 aromatic rings. The van der Waals surface area contributed by atoms with E-state index in [9.17, 15) is 4.79 Å². The van der Waals surface area contributed by atoms with Crippen LogP contribution in [0.25, 0.3) is 0 Å². The molecule has 2 rings (SSSR count). The van der Waals surface area contributed by atoms with Gasteiger partial charge in [-0.25, -0.2) is 4.79 Å². The molecule has 0 radical (unpaired) electrons. The summed E-state index contributed by atoms with van der Waals surface area (Å²) in [5, 5.41) is 1.15. The maximum atomic E-state index is 11.2. The zero-order valence-electron chi connectivity index (χ0n) is 9.57. The molecule has 0 spiro atoms. The van der Waals surface area contributed by atoms with Gasteiger partial charge in [0.1, 0.15) is 5.76 Å². The molecule has 0 N–H and O–H groups in total. The molecule has 0 amide bonds. The van der Waals surface area contributed by atoms with Crippen LogP contribution in [0.5, 0.6) is 0 Å². The highest BCUT2D eigenvalue weighted by Crippen LogP contribution is 2.24. The fourth-order valence-electron chi connectivity index (χ4n) is 1.54. The Morgan fingerprint density at radius 1 is 1.28 bits per heavy atom. The largest absolute Gasteiger partial charge is 0.463 e. The number of benzene rings is 1. The summed E-state index contributed by atoms with van der Waals surface area (Å²) in [6, 6.07) is 8.54. The molecular weight excluding hydrogens is 275 g/mol. The van der Waals surface area contributed by atoms with Gasteiger partial charge < -0.3 is 9.15 Å². The van der Waals surface area contributed by atoms with Gasteiger partial charge in [0.25, 0.3) is 0 Å². The zero-order chi connectivity index (χ0) is 13.1. The van der Waals surface area contributed by atoms with Gasteiger partial charge in [0.15, 0.2) is 0 Å². The molecule has 5 heteroatoms. The third-order valence-corrected chi connectivity index (χ3v) is 3.01. The average molecular weight is 285 g/mol. The minimum atomic E-state index is -0.497. The Labute approximate surface area is 114 Å². The van der Waals surface area contributed by atoms with Gasteiger partial charge in [0, 0.05) is 16.5 Å². The fourth-order valence-corrected chi connectivity index (χ4v) is 2.01. The number of hydrogen-bond donors (Lipinski definition) is 0. The Morgan fingerprint density at radius 3 is 2.72 bits per heavy atom. The number of ether oxygens (including phenoxy) is 1. The van der Waals surface area contributed by atoms with Gasteiger partial charge in [0.2, 0.25) is 5.76 Å². The molecule has 1 aromatic heterocycles. The Morgan fingerprint density at radius 2 is 2.06 bits per heavy atom. The first-order chi connectivity index (χ1) is 8.60.